The van der Waals surface area contributed by atoms with Crippen molar-refractivity contribution in [3.63, 3.8) is 0 Å². The highest BCUT2D eigenvalue weighted by Crippen LogP contribution is 2.32. The van der Waals surface area contributed by atoms with Crippen LogP contribution in [-0.2, 0) is 5.75 Å². The van der Waals surface area contributed by atoms with Crippen molar-refractivity contribution in [2.75, 3.05) is 11.6 Å². The molecule has 7 heteroatoms. The number of nitrogens with one attached hydrogen (secondary N) is 1. The molecule has 136 valence electrons. The molecule has 1 N–H and O–H groups in total. The van der Waals surface area contributed by atoms with Crippen LogP contribution in [0.4, 0.5) is 20.4 Å². The standard InChI is InChI=1S/C20H15F2N3OS/c1-27-11-12-4-2-3-5-17(12)24-20-23-10-16(22)18(25-20)14-6-7-15(21)13-8-9-26-19(13)14/h2-10H,11H2,1H3,(H,23,24,25). The van der Waals surface area contributed by atoms with Gasteiger partial charge in [-0.15, -0.1) is 0 Å². The smallest absolute Gasteiger partial charge is 0.227 e. The average Bonchev–Trinajstić information content (AvgIpc) is 3.17. The summed E-state index contributed by atoms with van der Waals surface area (Å²) in [4.78, 5) is 8.35. The molecule has 4 nitrogen and oxygen atoms in total. The van der Waals surface area contributed by atoms with Crippen molar-refractivity contribution < 1.29 is 13.2 Å². The Kier molecular flexibility index (Phi) is 4.77. The molecule has 0 saturated carbocycles. The van der Waals surface area contributed by atoms with Crippen molar-refractivity contribution in [3.8, 4) is 11.3 Å². The van der Waals surface area contributed by atoms with E-state index in [4.69, 9.17) is 4.42 Å². The summed E-state index contributed by atoms with van der Waals surface area (Å²) in [6.07, 6.45) is 4.49. The monoisotopic (exact) mass is 383 g/mol. The van der Waals surface area contributed by atoms with Gasteiger partial charge in [-0.25, -0.2) is 18.7 Å². The lowest BCUT2D eigenvalue weighted by atomic mass is 10.1. The first-order valence-electron chi connectivity index (χ1n) is 8.20. The van der Waals surface area contributed by atoms with Crippen LogP contribution in [-0.4, -0.2) is 16.2 Å². The summed E-state index contributed by atoms with van der Waals surface area (Å²) in [5.41, 5.74) is 2.62. The van der Waals surface area contributed by atoms with Gasteiger partial charge in [-0.1, -0.05) is 18.2 Å². The number of rotatable bonds is 5. The Morgan fingerprint density at radius 1 is 1.07 bits per heavy atom. The number of furan rings is 1. The molecule has 0 spiro atoms. The SMILES string of the molecule is CSCc1ccccc1Nc1ncc(F)c(-c2ccc(F)c3ccoc23)n1. The molecule has 0 aliphatic heterocycles. The van der Waals surface area contributed by atoms with Crippen molar-refractivity contribution in [2.24, 2.45) is 0 Å². The fraction of sp³-hybridized carbons (Fsp3) is 0.100. The molecule has 2 aromatic heterocycles. The largest absolute Gasteiger partial charge is 0.464 e. The van der Waals surface area contributed by atoms with Crippen molar-refractivity contribution in [2.45, 2.75) is 5.75 Å². The lowest BCUT2D eigenvalue weighted by Crippen LogP contribution is -2.02. The minimum absolute atomic E-state index is 0.0507. The predicted octanol–water partition coefficient (Wildman–Crippen LogP) is 5.77. The molecule has 4 aromatic rings. The van der Waals surface area contributed by atoms with Gasteiger partial charge < -0.3 is 9.73 Å². The van der Waals surface area contributed by atoms with E-state index in [0.717, 1.165) is 23.2 Å². The summed E-state index contributed by atoms with van der Waals surface area (Å²) in [5, 5.41) is 3.42. The van der Waals surface area contributed by atoms with E-state index in [-0.39, 0.29) is 22.6 Å². The number of hydrogen-bond acceptors (Lipinski definition) is 5. The zero-order valence-electron chi connectivity index (χ0n) is 14.4. The maximum atomic E-state index is 14.4. The van der Waals surface area contributed by atoms with Crippen LogP contribution in [0.2, 0.25) is 0 Å². The number of fused-ring (bicyclic) bond motifs is 1. The van der Waals surface area contributed by atoms with Gasteiger partial charge in [0.1, 0.15) is 17.1 Å². The molecule has 2 heterocycles. The highest BCUT2D eigenvalue weighted by Gasteiger charge is 2.17. The van der Waals surface area contributed by atoms with Gasteiger partial charge >= 0.3 is 0 Å². The summed E-state index contributed by atoms with van der Waals surface area (Å²) in [6, 6.07) is 12.0. The second-order valence-corrected chi connectivity index (χ2v) is 6.73. The van der Waals surface area contributed by atoms with E-state index in [2.05, 4.69) is 15.3 Å². The number of benzene rings is 2. The third kappa shape index (κ3) is 3.38. The van der Waals surface area contributed by atoms with Crippen LogP contribution in [0.3, 0.4) is 0 Å². The first-order valence-corrected chi connectivity index (χ1v) is 9.59. The van der Waals surface area contributed by atoms with E-state index in [0.29, 0.717) is 5.56 Å². The number of para-hydroxylation sites is 1. The maximum absolute atomic E-state index is 14.4. The van der Waals surface area contributed by atoms with E-state index in [1.165, 1.54) is 24.5 Å². The first kappa shape index (κ1) is 17.5. The quantitative estimate of drug-likeness (QED) is 0.474. The number of anilines is 2. The Balaban J connectivity index is 1.76. The minimum atomic E-state index is -0.609. The number of thioether (sulfide) groups is 1. The predicted molar refractivity (Wildman–Crippen MR) is 104 cm³/mol. The van der Waals surface area contributed by atoms with E-state index in [9.17, 15) is 8.78 Å². The van der Waals surface area contributed by atoms with E-state index in [1.54, 1.807) is 11.8 Å². The van der Waals surface area contributed by atoms with Gasteiger partial charge in [0.15, 0.2) is 5.82 Å². The van der Waals surface area contributed by atoms with E-state index in [1.807, 2.05) is 30.5 Å². The maximum Gasteiger partial charge on any atom is 0.227 e. The van der Waals surface area contributed by atoms with Crippen molar-refractivity contribution in [1.82, 2.24) is 9.97 Å². The lowest BCUT2D eigenvalue weighted by molar-refractivity contribution is 0.605. The second-order valence-electron chi connectivity index (χ2n) is 5.86. The summed E-state index contributed by atoms with van der Waals surface area (Å²) in [7, 11) is 0. The summed E-state index contributed by atoms with van der Waals surface area (Å²) in [6.45, 7) is 0. The number of aromatic nitrogens is 2. The van der Waals surface area contributed by atoms with Gasteiger partial charge in [0, 0.05) is 17.0 Å². The third-order valence-electron chi connectivity index (χ3n) is 4.13. The van der Waals surface area contributed by atoms with Crippen LogP contribution in [0.15, 0.2) is 59.3 Å². The van der Waals surface area contributed by atoms with E-state index < -0.39 is 11.6 Å². The fourth-order valence-electron chi connectivity index (χ4n) is 2.87. The Hall–Kier alpha value is -2.93. The molecular weight excluding hydrogens is 368 g/mol. The van der Waals surface area contributed by atoms with E-state index >= 15 is 0 Å². The van der Waals surface area contributed by atoms with Gasteiger partial charge in [0.05, 0.1) is 17.8 Å². The Morgan fingerprint density at radius 3 is 2.78 bits per heavy atom. The molecule has 0 aliphatic rings. The van der Waals surface area contributed by atoms with Crippen LogP contribution in [0, 0.1) is 11.6 Å². The van der Waals surface area contributed by atoms with Crippen LogP contribution in [0.25, 0.3) is 22.2 Å². The molecule has 0 unspecified atom stereocenters. The number of nitrogens with zero attached hydrogens (tertiary/aromatic N) is 2. The van der Waals surface area contributed by atoms with Crippen LogP contribution < -0.4 is 5.32 Å². The van der Waals surface area contributed by atoms with Gasteiger partial charge in [-0.2, -0.15) is 11.8 Å². The molecular formula is C20H15F2N3OS. The van der Waals surface area contributed by atoms with Crippen LogP contribution >= 0.6 is 11.8 Å². The number of halogens is 2. The van der Waals surface area contributed by atoms with Crippen molar-refractivity contribution in [3.05, 3.63) is 72.1 Å². The van der Waals surface area contributed by atoms with Crippen LogP contribution in [0.1, 0.15) is 5.56 Å². The lowest BCUT2D eigenvalue weighted by Gasteiger charge is -2.11. The zero-order chi connectivity index (χ0) is 18.8. The van der Waals surface area contributed by atoms with Gasteiger partial charge in [0.25, 0.3) is 0 Å². The Morgan fingerprint density at radius 2 is 1.93 bits per heavy atom. The molecule has 0 fully saturated rings. The molecule has 27 heavy (non-hydrogen) atoms. The highest BCUT2D eigenvalue weighted by molar-refractivity contribution is 7.97. The molecule has 0 aliphatic carbocycles. The third-order valence-corrected chi connectivity index (χ3v) is 4.73. The average molecular weight is 383 g/mol. The normalized spacial score (nSPS) is 11.1. The fourth-order valence-corrected chi connectivity index (χ4v) is 3.44. The van der Waals surface area contributed by atoms with Gasteiger partial charge in [0.2, 0.25) is 5.95 Å². The molecule has 0 bridgehead atoms. The Bertz CT molecular complexity index is 1110. The minimum Gasteiger partial charge on any atom is -0.464 e. The molecule has 0 radical (unpaired) electrons. The molecule has 0 saturated heterocycles. The highest BCUT2D eigenvalue weighted by atomic mass is 32.2. The molecule has 0 amide bonds. The second kappa shape index (κ2) is 7.36. The molecule has 2 aromatic carbocycles. The van der Waals surface area contributed by atoms with Crippen molar-refractivity contribution in [1.29, 1.82) is 0 Å². The zero-order valence-corrected chi connectivity index (χ0v) is 15.2. The Labute approximate surface area is 158 Å². The first-order chi connectivity index (χ1) is 13.2. The number of hydrogen-bond donors (Lipinski definition) is 1. The van der Waals surface area contributed by atoms with Gasteiger partial charge in [-0.3, -0.25) is 0 Å². The topological polar surface area (TPSA) is 51.0 Å². The summed E-state index contributed by atoms with van der Waals surface area (Å²) < 4.78 is 33.7. The summed E-state index contributed by atoms with van der Waals surface area (Å²) in [5.74, 6) is 0.0370. The molecule has 4 rings (SSSR count). The molecule has 0 atom stereocenters. The van der Waals surface area contributed by atoms with Crippen molar-refractivity contribution >= 4 is 34.4 Å². The summed E-state index contributed by atoms with van der Waals surface area (Å²) >= 11 is 1.70. The van der Waals surface area contributed by atoms with Gasteiger partial charge in [-0.05, 0) is 36.1 Å². The van der Waals surface area contributed by atoms with Crippen LogP contribution in [0.5, 0.6) is 0 Å².